The van der Waals surface area contributed by atoms with Crippen molar-refractivity contribution in [3.05, 3.63) is 152 Å². The topological polar surface area (TPSA) is 3.24 Å². The Morgan fingerprint density at radius 3 is 1.38 bits per heavy atom. The molecule has 0 atom stereocenters. The number of hydrogen-bond acceptors (Lipinski definition) is 2. The summed E-state index contributed by atoms with van der Waals surface area (Å²) in [4.78, 5) is 2.53. The van der Waals surface area contributed by atoms with Gasteiger partial charge in [-0.2, -0.15) is 0 Å². The molecule has 1 aromatic heterocycles. The molecule has 2 heteroatoms. The third-order valence-electron chi connectivity index (χ3n) is 8.60. The van der Waals surface area contributed by atoms with Crippen LogP contribution in [0.1, 0.15) is 0 Å². The van der Waals surface area contributed by atoms with E-state index in [1.54, 1.807) is 0 Å². The zero-order valence-corrected chi connectivity index (χ0v) is 23.6. The van der Waals surface area contributed by atoms with Crippen LogP contribution >= 0.6 is 11.3 Å². The lowest BCUT2D eigenvalue weighted by Gasteiger charge is -2.30. The molecule has 0 aliphatic carbocycles. The normalized spacial score (nSPS) is 11.8. The first-order chi connectivity index (χ1) is 20.8. The van der Waals surface area contributed by atoms with Crippen LogP contribution in [-0.4, -0.2) is 0 Å². The Hall–Kier alpha value is -5.18. The minimum atomic E-state index is 1.19. The molecule has 0 aliphatic heterocycles. The second-order valence-electron chi connectivity index (χ2n) is 10.9. The van der Waals surface area contributed by atoms with Crippen molar-refractivity contribution in [1.29, 1.82) is 0 Å². The third-order valence-corrected chi connectivity index (χ3v) is 9.73. The number of anilines is 3. The molecular formula is C40H25NS. The van der Waals surface area contributed by atoms with E-state index in [9.17, 15) is 0 Å². The standard InChI is InChI=1S/C40H25NS/c1-3-14-28-26(12-1)24-36(32-18-7-5-16-30(28)32)41(35-21-11-23-39-40(35)34-20-9-10-22-38(34)42-39)37-25-27-13-2-4-15-29(27)31-17-6-8-19-33(31)37/h1-25H. The highest BCUT2D eigenvalue weighted by Crippen LogP contribution is 2.49. The largest absolute Gasteiger partial charge is 0.309 e. The molecule has 0 fully saturated rings. The fraction of sp³-hybridized carbons (Fsp3) is 0. The Morgan fingerprint density at radius 2 is 0.786 bits per heavy atom. The Labute approximate surface area is 247 Å². The van der Waals surface area contributed by atoms with Crippen LogP contribution in [0.2, 0.25) is 0 Å². The summed E-state index contributed by atoms with van der Waals surface area (Å²) in [5.41, 5.74) is 3.57. The van der Waals surface area contributed by atoms with Gasteiger partial charge in [0, 0.05) is 30.9 Å². The van der Waals surface area contributed by atoms with Crippen LogP contribution in [0.15, 0.2) is 152 Å². The molecule has 196 valence electrons. The van der Waals surface area contributed by atoms with Gasteiger partial charge < -0.3 is 4.90 Å². The van der Waals surface area contributed by atoms with Crippen molar-refractivity contribution in [3.63, 3.8) is 0 Å². The molecule has 0 aliphatic rings. The van der Waals surface area contributed by atoms with E-state index in [0.717, 1.165) is 0 Å². The van der Waals surface area contributed by atoms with Crippen LogP contribution in [0.5, 0.6) is 0 Å². The summed E-state index contributed by atoms with van der Waals surface area (Å²) in [7, 11) is 0. The Balaban J connectivity index is 1.50. The van der Waals surface area contributed by atoms with Gasteiger partial charge in [0.25, 0.3) is 0 Å². The fourth-order valence-electron chi connectivity index (χ4n) is 6.77. The number of benzene rings is 8. The van der Waals surface area contributed by atoms with Crippen LogP contribution in [0.25, 0.3) is 63.3 Å². The van der Waals surface area contributed by atoms with E-state index in [2.05, 4.69) is 157 Å². The quantitative estimate of drug-likeness (QED) is 0.197. The van der Waals surface area contributed by atoms with Crippen molar-refractivity contribution in [2.24, 2.45) is 0 Å². The van der Waals surface area contributed by atoms with Crippen LogP contribution in [0.3, 0.4) is 0 Å². The summed E-state index contributed by atoms with van der Waals surface area (Å²) in [6.07, 6.45) is 0. The van der Waals surface area contributed by atoms with Gasteiger partial charge in [0.05, 0.1) is 17.1 Å². The van der Waals surface area contributed by atoms with Gasteiger partial charge in [0.2, 0.25) is 0 Å². The van der Waals surface area contributed by atoms with E-state index < -0.39 is 0 Å². The lowest BCUT2D eigenvalue weighted by molar-refractivity contribution is 1.34. The minimum Gasteiger partial charge on any atom is -0.309 e. The fourth-order valence-corrected chi connectivity index (χ4v) is 7.90. The van der Waals surface area contributed by atoms with Gasteiger partial charge in [-0.05, 0) is 62.6 Å². The Bertz CT molecular complexity index is 2370. The van der Waals surface area contributed by atoms with Gasteiger partial charge in [-0.15, -0.1) is 11.3 Å². The molecule has 0 unspecified atom stereocenters. The molecule has 0 saturated heterocycles. The highest BCUT2D eigenvalue weighted by molar-refractivity contribution is 7.26. The second-order valence-corrected chi connectivity index (χ2v) is 12.0. The van der Waals surface area contributed by atoms with Gasteiger partial charge >= 0.3 is 0 Å². The van der Waals surface area contributed by atoms with E-state index >= 15 is 0 Å². The van der Waals surface area contributed by atoms with Crippen LogP contribution in [0.4, 0.5) is 17.1 Å². The molecule has 42 heavy (non-hydrogen) atoms. The van der Waals surface area contributed by atoms with Crippen molar-refractivity contribution in [2.45, 2.75) is 0 Å². The molecule has 8 aromatic carbocycles. The molecule has 0 amide bonds. The van der Waals surface area contributed by atoms with Crippen molar-refractivity contribution < 1.29 is 0 Å². The van der Waals surface area contributed by atoms with Crippen LogP contribution in [0, 0.1) is 0 Å². The molecule has 0 bridgehead atoms. The monoisotopic (exact) mass is 551 g/mol. The average molecular weight is 552 g/mol. The lowest BCUT2D eigenvalue weighted by Crippen LogP contribution is -2.12. The Morgan fingerprint density at radius 1 is 0.333 bits per heavy atom. The lowest BCUT2D eigenvalue weighted by atomic mass is 9.96. The molecule has 0 saturated carbocycles. The van der Waals surface area contributed by atoms with Gasteiger partial charge in [-0.25, -0.2) is 0 Å². The molecule has 0 spiro atoms. The minimum absolute atomic E-state index is 1.19. The molecular weight excluding hydrogens is 527 g/mol. The zero-order chi connectivity index (χ0) is 27.6. The smallest absolute Gasteiger partial charge is 0.0555 e. The second kappa shape index (κ2) is 9.17. The molecule has 9 rings (SSSR count). The predicted octanol–water partition coefficient (Wildman–Crippen LogP) is 12.1. The van der Waals surface area contributed by atoms with E-state index in [-0.39, 0.29) is 0 Å². The maximum Gasteiger partial charge on any atom is 0.0555 e. The Kier molecular flexibility index (Phi) is 5.13. The summed E-state index contributed by atoms with van der Waals surface area (Å²) in [6.45, 7) is 0. The maximum atomic E-state index is 2.53. The number of fused-ring (bicyclic) bond motifs is 9. The number of thiophene rings is 1. The summed E-state index contributed by atoms with van der Waals surface area (Å²) in [5.74, 6) is 0. The van der Waals surface area contributed by atoms with Crippen molar-refractivity contribution in [1.82, 2.24) is 0 Å². The number of hydrogen-bond donors (Lipinski definition) is 0. The van der Waals surface area contributed by atoms with Gasteiger partial charge in [0.15, 0.2) is 0 Å². The molecule has 9 aromatic rings. The van der Waals surface area contributed by atoms with E-state index in [1.807, 2.05) is 11.3 Å². The molecule has 1 heterocycles. The van der Waals surface area contributed by atoms with E-state index in [0.29, 0.717) is 0 Å². The first-order valence-electron chi connectivity index (χ1n) is 14.4. The summed E-state index contributed by atoms with van der Waals surface area (Å²) in [5, 5.41) is 12.6. The van der Waals surface area contributed by atoms with Crippen molar-refractivity contribution in [3.8, 4) is 0 Å². The molecule has 0 N–H and O–H groups in total. The first-order valence-corrected chi connectivity index (χ1v) is 15.2. The molecule has 1 nitrogen and oxygen atoms in total. The highest BCUT2D eigenvalue weighted by Gasteiger charge is 2.23. The zero-order valence-electron chi connectivity index (χ0n) is 22.8. The summed E-state index contributed by atoms with van der Waals surface area (Å²) < 4.78 is 2.61. The van der Waals surface area contributed by atoms with Gasteiger partial charge in [0.1, 0.15) is 0 Å². The number of rotatable bonds is 3. The van der Waals surface area contributed by atoms with Gasteiger partial charge in [-0.1, -0.05) is 121 Å². The average Bonchev–Trinajstić information content (AvgIpc) is 3.44. The van der Waals surface area contributed by atoms with Gasteiger partial charge in [-0.3, -0.25) is 0 Å². The van der Waals surface area contributed by atoms with Crippen LogP contribution in [-0.2, 0) is 0 Å². The summed E-state index contributed by atoms with van der Waals surface area (Å²) >= 11 is 1.87. The van der Waals surface area contributed by atoms with Crippen LogP contribution < -0.4 is 4.90 Å². The molecule has 0 radical (unpaired) electrons. The van der Waals surface area contributed by atoms with Crippen molar-refractivity contribution in [2.75, 3.05) is 4.90 Å². The maximum absolute atomic E-state index is 2.53. The summed E-state index contributed by atoms with van der Waals surface area (Å²) in [6, 6.07) is 55.6. The third kappa shape index (κ3) is 3.43. The first kappa shape index (κ1) is 23.5. The number of nitrogens with zero attached hydrogens (tertiary/aromatic N) is 1. The highest BCUT2D eigenvalue weighted by atomic mass is 32.1. The van der Waals surface area contributed by atoms with E-state index in [1.165, 1.54) is 80.3 Å². The predicted molar refractivity (Wildman–Crippen MR) is 184 cm³/mol. The van der Waals surface area contributed by atoms with Crippen molar-refractivity contribution >= 4 is 91.7 Å². The SMILES string of the molecule is c1ccc2c(c1)cc(N(c1cc3ccccc3c3ccccc13)c1cccc3sc4ccccc4c13)c1ccccc12. The van der Waals surface area contributed by atoms with E-state index in [4.69, 9.17) is 0 Å².